The average molecular weight is 197 g/mol. The maximum atomic E-state index is 5.81. The molecule has 0 radical (unpaired) electrons. The van der Waals surface area contributed by atoms with Gasteiger partial charge in [0.1, 0.15) is 0 Å². The maximum absolute atomic E-state index is 5.81. The first-order chi connectivity index (χ1) is 6.09. The van der Waals surface area contributed by atoms with Crippen LogP contribution in [0.25, 0.3) is 0 Å². The van der Waals surface area contributed by atoms with Crippen molar-refractivity contribution < 1.29 is 4.74 Å². The lowest BCUT2D eigenvalue weighted by Gasteiger charge is -2.44. The summed E-state index contributed by atoms with van der Waals surface area (Å²) in [6, 6.07) is 7.89. The van der Waals surface area contributed by atoms with Gasteiger partial charge in [-0.2, -0.15) is 0 Å². The van der Waals surface area contributed by atoms with Crippen molar-refractivity contribution in [2.45, 2.75) is 20.0 Å². The highest BCUT2D eigenvalue weighted by atomic mass is 35.5. The van der Waals surface area contributed by atoms with E-state index in [4.69, 9.17) is 16.3 Å². The topological polar surface area (TPSA) is 9.23 Å². The summed E-state index contributed by atoms with van der Waals surface area (Å²) < 4.78 is 5.53. The smallest absolute Gasteiger partial charge is 0.0898 e. The molecule has 0 unspecified atom stereocenters. The molecule has 1 fully saturated rings. The molecule has 1 nitrogen and oxygen atoms in total. The van der Waals surface area contributed by atoms with E-state index >= 15 is 0 Å². The molecule has 1 atom stereocenters. The van der Waals surface area contributed by atoms with Crippen molar-refractivity contribution in [3.63, 3.8) is 0 Å². The van der Waals surface area contributed by atoms with Crippen LogP contribution in [0.3, 0.4) is 0 Å². The van der Waals surface area contributed by atoms with Gasteiger partial charge in [0.05, 0.1) is 12.7 Å². The molecule has 0 N–H and O–H groups in total. The molecule has 0 amide bonds. The van der Waals surface area contributed by atoms with E-state index in [0.29, 0.717) is 0 Å². The van der Waals surface area contributed by atoms with Crippen LogP contribution < -0.4 is 0 Å². The zero-order valence-corrected chi connectivity index (χ0v) is 8.64. The highest BCUT2D eigenvalue weighted by molar-refractivity contribution is 6.30. The first-order valence-corrected chi connectivity index (χ1v) is 4.84. The van der Waals surface area contributed by atoms with Crippen LogP contribution in [-0.4, -0.2) is 6.61 Å². The van der Waals surface area contributed by atoms with Crippen molar-refractivity contribution >= 4 is 11.6 Å². The van der Waals surface area contributed by atoms with Crippen LogP contribution >= 0.6 is 11.6 Å². The molecule has 1 heterocycles. The second-order valence-corrected chi connectivity index (χ2v) is 4.67. The summed E-state index contributed by atoms with van der Waals surface area (Å²) in [7, 11) is 0. The van der Waals surface area contributed by atoms with Crippen LogP contribution in [0.2, 0.25) is 5.02 Å². The number of halogens is 1. The molecule has 0 aliphatic carbocycles. The van der Waals surface area contributed by atoms with Gasteiger partial charge in [0.25, 0.3) is 0 Å². The van der Waals surface area contributed by atoms with Crippen molar-refractivity contribution in [1.82, 2.24) is 0 Å². The Morgan fingerprint density at radius 3 is 2.31 bits per heavy atom. The Labute approximate surface area is 83.7 Å². The fraction of sp³-hybridized carbons (Fsp3) is 0.455. The second-order valence-electron chi connectivity index (χ2n) is 4.23. The number of benzene rings is 1. The zero-order valence-electron chi connectivity index (χ0n) is 7.88. The van der Waals surface area contributed by atoms with Gasteiger partial charge in [-0.3, -0.25) is 0 Å². The van der Waals surface area contributed by atoms with E-state index in [1.54, 1.807) is 0 Å². The van der Waals surface area contributed by atoms with Gasteiger partial charge in [-0.25, -0.2) is 0 Å². The monoisotopic (exact) mass is 196 g/mol. The van der Waals surface area contributed by atoms with E-state index in [-0.39, 0.29) is 11.5 Å². The van der Waals surface area contributed by atoms with Crippen LogP contribution in [0.15, 0.2) is 24.3 Å². The molecule has 2 rings (SSSR count). The fourth-order valence-electron chi connectivity index (χ4n) is 1.68. The summed E-state index contributed by atoms with van der Waals surface area (Å²) in [5.74, 6) is 0. The van der Waals surface area contributed by atoms with Crippen molar-refractivity contribution in [1.29, 1.82) is 0 Å². The van der Waals surface area contributed by atoms with Crippen LogP contribution in [0.1, 0.15) is 25.5 Å². The molecule has 0 aromatic heterocycles. The Bertz CT molecular complexity index is 302. The van der Waals surface area contributed by atoms with E-state index in [9.17, 15) is 0 Å². The Hall–Kier alpha value is -0.530. The molecule has 0 bridgehead atoms. The third-order valence-electron chi connectivity index (χ3n) is 2.50. The van der Waals surface area contributed by atoms with Crippen molar-refractivity contribution in [2.24, 2.45) is 5.41 Å². The minimum atomic E-state index is 0.241. The van der Waals surface area contributed by atoms with Crippen molar-refractivity contribution in [2.75, 3.05) is 6.61 Å². The highest BCUT2D eigenvalue weighted by Gasteiger charge is 2.40. The standard InChI is InChI=1S/C11H13ClO/c1-11(2)7-13-10(11)8-3-5-9(12)6-4-8/h3-6,10H,7H2,1-2H3/t10-/m0/s1. The van der Waals surface area contributed by atoms with Gasteiger partial charge in [-0.05, 0) is 17.7 Å². The van der Waals surface area contributed by atoms with Crippen molar-refractivity contribution in [3.05, 3.63) is 34.9 Å². The second kappa shape index (κ2) is 3.00. The Kier molecular flexibility index (Phi) is 2.09. The molecule has 1 aromatic carbocycles. The summed E-state index contributed by atoms with van der Waals surface area (Å²) in [6.07, 6.45) is 0.241. The molecule has 70 valence electrons. The molecule has 0 spiro atoms. The molecule has 0 saturated carbocycles. The van der Waals surface area contributed by atoms with Crippen LogP contribution in [-0.2, 0) is 4.74 Å². The van der Waals surface area contributed by atoms with Crippen LogP contribution in [0.4, 0.5) is 0 Å². The molecule has 2 heteroatoms. The van der Waals surface area contributed by atoms with E-state index in [0.717, 1.165) is 11.6 Å². The predicted octanol–water partition coefficient (Wildman–Crippen LogP) is 3.44. The minimum Gasteiger partial charge on any atom is -0.372 e. The summed E-state index contributed by atoms with van der Waals surface area (Å²) in [6.45, 7) is 5.28. The zero-order chi connectivity index (χ0) is 9.47. The number of hydrogen-bond acceptors (Lipinski definition) is 1. The lowest BCUT2D eigenvalue weighted by atomic mass is 9.79. The lowest BCUT2D eigenvalue weighted by Crippen LogP contribution is -2.40. The predicted molar refractivity (Wildman–Crippen MR) is 53.9 cm³/mol. The fourth-order valence-corrected chi connectivity index (χ4v) is 1.81. The molecule has 1 aliphatic rings. The summed E-state index contributed by atoms with van der Waals surface area (Å²) >= 11 is 5.81. The molecule has 13 heavy (non-hydrogen) atoms. The Balaban J connectivity index is 2.22. The Morgan fingerprint density at radius 1 is 1.31 bits per heavy atom. The molecular formula is C11H13ClO. The van der Waals surface area contributed by atoms with Gasteiger partial charge in [-0.15, -0.1) is 0 Å². The first-order valence-electron chi connectivity index (χ1n) is 4.47. The molecule has 1 aromatic rings. The van der Waals surface area contributed by atoms with E-state index in [2.05, 4.69) is 13.8 Å². The van der Waals surface area contributed by atoms with E-state index in [1.165, 1.54) is 5.56 Å². The van der Waals surface area contributed by atoms with Gasteiger partial charge >= 0.3 is 0 Å². The average Bonchev–Trinajstić information content (AvgIpc) is 2.07. The number of hydrogen-bond donors (Lipinski definition) is 0. The summed E-state index contributed by atoms with van der Waals surface area (Å²) in [5.41, 5.74) is 1.49. The van der Waals surface area contributed by atoms with Crippen LogP contribution in [0.5, 0.6) is 0 Å². The normalized spacial score (nSPS) is 25.3. The largest absolute Gasteiger partial charge is 0.372 e. The summed E-state index contributed by atoms with van der Waals surface area (Å²) in [5, 5.41) is 0.779. The number of ether oxygens (including phenoxy) is 1. The van der Waals surface area contributed by atoms with Gasteiger partial charge in [0.2, 0.25) is 0 Å². The first kappa shape index (κ1) is 9.04. The maximum Gasteiger partial charge on any atom is 0.0898 e. The van der Waals surface area contributed by atoms with Crippen LogP contribution in [0, 0.1) is 5.41 Å². The third kappa shape index (κ3) is 1.59. The van der Waals surface area contributed by atoms with Gasteiger partial charge in [0, 0.05) is 10.4 Å². The van der Waals surface area contributed by atoms with E-state index < -0.39 is 0 Å². The highest BCUT2D eigenvalue weighted by Crippen LogP contribution is 2.45. The van der Waals surface area contributed by atoms with Gasteiger partial charge in [-0.1, -0.05) is 37.6 Å². The van der Waals surface area contributed by atoms with E-state index in [1.807, 2.05) is 24.3 Å². The summed E-state index contributed by atoms with van der Waals surface area (Å²) in [4.78, 5) is 0. The molecule has 1 aliphatic heterocycles. The Morgan fingerprint density at radius 2 is 1.92 bits per heavy atom. The van der Waals surface area contributed by atoms with Gasteiger partial charge < -0.3 is 4.74 Å². The van der Waals surface area contributed by atoms with Crippen molar-refractivity contribution in [3.8, 4) is 0 Å². The lowest BCUT2D eigenvalue weighted by molar-refractivity contribution is -0.172. The molecular weight excluding hydrogens is 184 g/mol. The van der Waals surface area contributed by atoms with Gasteiger partial charge in [0.15, 0.2) is 0 Å². The quantitative estimate of drug-likeness (QED) is 0.669. The SMILES string of the molecule is CC1(C)CO[C@H]1c1ccc(Cl)cc1. The molecule has 1 saturated heterocycles. The third-order valence-corrected chi connectivity index (χ3v) is 2.76. The minimum absolute atomic E-state index is 0.241. The number of rotatable bonds is 1.